The van der Waals surface area contributed by atoms with Crippen molar-refractivity contribution >= 4 is 17.6 Å². The van der Waals surface area contributed by atoms with E-state index in [2.05, 4.69) is 15.3 Å². The SMILES string of the molecule is COc1cc(Cl)cc(OC)c1-c1ccc(-c2cn(C(=O)N3CCCCC3Cc3ccncc3)nn2)cc1. The van der Waals surface area contributed by atoms with Crippen LogP contribution in [0.4, 0.5) is 4.79 Å². The van der Waals surface area contributed by atoms with Crippen LogP contribution in [0.25, 0.3) is 22.4 Å². The summed E-state index contributed by atoms with van der Waals surface area (Å²) in [5.41, 5.74) is 4.36. The fourth-order valence-electron chi connectivity index (χ4n) is 4.85. The van der Waals surface area contributed by atoms with E-state index in [9.17, 15) is 4.79 Å². The van der Waals surface area contributed by atoms with Crippen LogP contribution in [0.3, 0.4) is 0 Å². The molecule has 1 aliphatic rings. The maximum atomic E-state index is 13.4. The van der Waals surface area contributed by atoms with Crippen molar-refractivity contribution in [2.45, 2.75) is 31.7 Å². The Hall–Kier alpha value is -3.91. The Bertz CT molecular complexity index is 1350. The fraction of sp³-hybridized carbons (Fsp3) is 0.286. The largest absolute Gasteiger partial charge is 0.496 e. The Morgan fingerprint density at radius 2 is 1.68 bits per heavy atom. The molecule has 0 aliphatic carbocycles. The molecule has 1 atom stereocenters. The topological polar surface area (TPSA) is 82.4 Å². The number of rotatable bonds is 6. The first-order chi connectivity index (χ1) is 18.1. The van der Waals surface area contributed by atoms with Crippen molar-refractivity contribution in [3.63, 3.8) is 0 Å². The number of benzene rings is 2. The molecule has 1 fully saturated rings. The van der Waals surface area contributed by atoms with Gasteiger partial charge >= 0.3 is 6.03 Å². The zero-order chi connectivity index (χ0) is 25.8. The van der Waals surface area contributed by atoms with Gasteiger partial charge < -0.3 is 14.4 Å². The number of amides is 1. The normalized spacial score (nSPS) is 15.4. The molecule has 0 radical (unpaired) electrons. The molecule has 0 bridgehead atoms. The highest BCUT2D eigenvalue weighted by Crippen LogP contribution is 2.41. The summed E-state index contributed by atoms with van der Waals surface area (Å²) >= 11 is 6.19. The Labute approximate surface area is 220 Å². The first-order valence-electron chi connectivity index (χ1n) is 12.2. The van der Waals surface area contributed by atoms with E-state index < -0.39 is 0 Å². The van der Waals surface area contributed by atoms with E-state index in [0.717, 1.165) is 42.4 Å². The minimum atomic E-state index is -0.148. The number of pyridine rings is 1. The maximum absolute atomic E-state index is 13.4. The molecule has 9 heteroatoms. The second-order valence-corrected chi connectivity index (χ2v) is 9.43. The average molecular weight is 518 g/mol. The van der Waals surface area contributed by atoms with Gasteiger partial charge in [0.1, 0.15) is 17.2 Å². The standard InChI is InChI=1S/C28H28ClN5O3/c1-36-25-16-22(29)17-26(37-2)27(25)21-8-6-20(7-9-21)24-18-34(32-31-24)28(35)33-14-4-3-5-23(33)15-19-10-12-30-13-11-19/h6-13,16-18,23H,3-5,14-15H2,1-2H3. The highest BCUT2D eigenvalue weighted by Gasteiger charge is 2.28. The zero-order valence-electron chi connectivity index (χ0n) is 20.8. The summed E-state index contributed by atoms with van der Waals surface area (Å²) in [6.45, 7) is 0.712. The van der Waals surface area contributed by atoms with Crippen LogP contribution < -0.4 is 9.47 Å². The Kier molecular flexibility index (Phi) is 7.37. The van der Waals surface area contributed by atoms with Crippen molar-refractivity contribution in [1.82, 2.24) is 24.9 Å². The second-order valence-electron chi connectivity index (χ2n) is 9.00. The third kappa shape index (κ3) is 5.29. The lowest BCUT2D eigenvalue weighted by atomic mass is 9.96. The van der Waals surface area contributed by atoms with Gasteiger partial charge in [0.2, 0.25) is 0 Å². The molecule has 0 saturated carbocycles. The number of aromatic nitrogens is 4. The molecule has 8 nitrogen and oxygen atoms in total. The minimum absolute atomic E-state index is 0.125. The van der Waals surface area contributed by atoms with Crippen LogP contribution in [-0.4, -0.2) is 57.7 Å². The molecule has 0 N–H and O–H groups in total. The van der Waals surface area contributed by atoms with Crippen molar-refractivity contribution in [3.8, 4) is 33.9 Å². The lowest BCUT2D eigenvalue weighted by Crippen LogP contribution is -2.46. The van der Waals surface area contributed by atoms with Gasteiger partial charge in [0.15, 0.2) is 0 Å². The number of nitrogens with zero attached hydrogens (tertiary/aromatic N) is 5. The van der Waals surface area contributed by atoms with Crippen molar-refractivity contribution in [1.29, 1.82) is 0 Å². The average Bonchev–Trinajstić information content (AvgIpc) is 3.43. The molecular weight excluding hydrogens is 490 g/mol. The zero-order valence-corrected chi connectivity index (χ0v) is 21.6. The molecular formula is C28H28ClN5O3. The number of halogens is 1. The van der Waals surface area contributed by atoms with Crippen molar-refractivity contribution in [2.75, 3.05) is 20.8 Å². The first kappa shape index (κ1) is 24.8. The predicted molar refractivity (Wildman–Crippen MR) is 142 cm³/mol. The van der Waals surface area contributed by atoms with Crippen LogP contribution in [0.1, 0.15) is 24.8 Å². The van der Waals surface area contributed by atoms with Crippen LogP contribution in [0.2, 0.25) is 5.02 Å². The van der Waals surface area contributed by atoms with Crippen LogP contribution in [-0.2, 0) is 6.42 Å². The summed E-state index contributed by atoms with van der Waals surface area (Å²) in [5.74, 6) is 1.24. The van der Waals surface area contributed by atoms with Crippen LogP contribution in [0, 0.1) is 0 Å². The lowest BCUT2D eigenvalue weighted by Gasteiger charge is -2.35. The molecule has 2 aromatic carbocycles. The molecule has 0 spiro atoms. The van der Waals surface area contributed by atoms with Crippen LogP contribution in [0.5, 0.6) is 11.5 Å². The summed E-state index contributed by atoms with van der Waals surface area (Å²) in [7, 11) is 3.20. The van der Waals surface area contributed by atoms with Crippen molar-refractivity contribution < 1.29 is 14.3 Å². The molecule has 1 aliphatic heterocycles. The highest BCUT2D eigenvalue weighted by molar-refractivity contribution is 6.31. The summed E-state index contributed by atoms with van der Waals surface area (Å²) in [6, 6.07) is 15.3. The lowest BCUT2D eigenvalue weighted by molar-refractivity contribution is 0.149. The van der Waals surface area contributed by atoms with Gasteiger partial charge in [-0.3, -0.25) is 4.98 Å². The molecule has 5 rings (SSSR count). The van der Waals surface area contributed by atoms with Gasteiger partial charge in [-0.2, -0.15) is 4.68 Å². The summed E-state index contributed by atoms with van der Waals surface area (Å²) in [4.78, 5) is 19.4. The number of hydrogen-bond acceptors (Lipinski definition) is 6. The molecule has 3 heterocycles. The predicted octanol–water partition coefficient (Wildman–Crippen LogP) is 5.74. The van der Waals surface area contributed by atoms with Gasteiger partial charge in [0, 0.05) is 35.6 Å². The smallest absolute Gasteiger partial charge is 0.346 e. The first-order valence-corrected chi connectivity index (χ1v) is 12.6. The van der Waals surface area contributed by atoms with Crippen LogP contribution in [0.15, 0.2) is 67.1 Å². The summed E-state index contributed by atoms with van der Waals surface area (Å²) < 4.78 is 12.4. The van der Waals surface area contributed by atoms with E-state index in [4.69, 9.17) is 21.1 Å². The van der Waals surface area contributed by atoms with Gasteiger partial charge in [0.05, 0.1) is 26.0 Å². The van der Waals surface area contributed by atoms with Gasteiger partial charge in [-0.05, 0) is 61.1 Å². The fourth-order valence-corrected chi connectivity index (χ4v) is 5.05. The number of ether oxygens (including phenoxy) is 2. The van der Waals surface area contributed by atoms with Gasteiger partial charge in [0.25, 0.3) is 0 Å². The summed E-state index contributed by atoms with van der Waals surface area (Å²) in [5, 5.41) is 8.98. The molecule has 1 unspecified atom stereocenters. The third-order valence-electron chi connectivity index (χ3n) is 6.72. The van der Waals surface area contributed by atoms with E-state index >= 15 is 0 Å². The minimum Gasteiger partial charge on any atom is -0.496 e. The third-order valence-corrected chi connectivity index (χ3v) is 6.94. The Morgan fingerprint density at radius 1 is 1.00 bits per heavy atom. The van der Waals surface area contributed by atoms with E-state index in [1.165, 1.54) is 10.2 Å². The molecule has 4 aromatic rings. The number of piperidine rings is 1. The van der Waals surface area contributed by atoms with E-state index in [1.54, 1.807) is 44.9 Å². The van der Waals surface area contributed by atoms with Gasteiger partial charge in [-0.15, -0.1) is 5.10 Å². The maximum Gasteiger partial charge on any atom is 0.346 e. The Balaban J connectivity index is 1.36. The van der Waals surface area contributed by atoms with Crippen LogP contribution >= 0.6 is 11.6 Å². The molecule has 37 heavy (non-hydrogen) atoms. The molecule has 1 saturated heterocycles. The van der Waals surface area contributed by atoms with E-state index in [1.807, 2.05) is 41.3 Å². The highest BCUT2D eigenvalue weighted by atomic mass is 35.5. The van der Waals surface area contributed by atoms with E-state index in [0.29, 0.717) is 28.8 Å². The summed E-state index contributed by atoms with van der Waals surface area (Å²) in [6.07, 6.45) is 9.14. The van der Waals surface area contributed by atoms with Gasteiger partial charge in [-0.25, -0.2) is 4.79 Å². The second kappa shape index (κ2) is 11.0. The monoisotopic (exact) mass is 517 g/mol. The van der Waals surface area contributed by atoms with Gasteiger partial charge in [-0.1, -0.05) is 41.1 Å². The quantitative estimate of drug-likeness (QED) is 0.324. The molecule has 1 amide bonds. The van der Waals surface area contributed by atoms with Crippen molar-refractivity contribution in [3.05, 3.63) is 77.7 Å². The number of hydrogen-bond donors (Lipinski definition) is 0. The number of methoxy groups -OCH3 is 2. The Morgan fingerprint density at radius 3 is 2.35 bits per heavy atom. The number of carbonyl (C=O) groups excluding carboxylic acids is 1. The number of likely N-dealkylation sites (tertiary alicyclic amines) is 1. The van der Waals surface area contributed by atoms with Crippen molar-refractivity contribution in [2.24, 2.45) is 0 Å². The molecule has 190 valence electrons. The molecule has 2 aromatic heterocycles. The van der Waals surface area contributed by atoms with E-state index in [-0.39, 0.29) is 12.1 Å². The number of carbonyl (C=O) groups is 1.